The number of carbonyl (C=O) groups excluding carboxylic acids is 1. The zero-order chi connectivity index (χ0) is 14.4. The highest BCUT2D eigenvalue weighted by atomic mass is 16.5. The van der Waals surface area contributed by atoms with E-state index in [1.165, 1.54) is 25.7 Å². The Morgan fingerprint density at radius 3 is 2.45 bits per heavy atom. The Hall–Kier alpha value is -0.610. The highest BCUT2D eigenvalue weighted by Crippen LogP contribution is 2.48. The van der Waals surface area contributed by atoms with Gasteiger partial charge in [-0.15, -0.1) is 0 Å². The molecule has 1 atom stereocenters. The van der Waals surface area contributed by atoms with Gasteiger partial charge in [0.2, 0.25) is 5.91 Å². The Bertz CT molecular complexity index is 308. The van der Waals surface area contributed by atoms with Gasteiger partial charge < -0.3 is 15.0 Å². The molecule has 1 unspecified atom stereocenters. The highest BCUT2D eigenvalue weighted by Gasteiger charge is 2.42. The lowest BCUT2D eigenvalue weighted by Gasteiger charge is -2.26. The van der Waals surface area contributed by atoms with Gasteiger partial charge in [0.1, 0.15) is 0 Å². The number of ether oxygens (including phenoxy) is 1. The number of hydrogen-bond acceptors (Lipinski definition) is 3. The molecule has 1 saturated carbocycles. The number of hydrogen-bond donors (Lipinski definition) is 1. The third-order valence-corrected chi connectivity index (χ3v) is 4.87. The molecule has 0 radical (unpaired) electrons. The van der Waals surface area contributed by atoms with Crippen LogP contribution in [-0.2, 0) is 9.53 Å². The second kappa shape index (κ2) is 7.41. The van der Waals surface area contributed by atoms with Crippen molar-refractivity contribution >= 4 is 5.91 Å². The highest BCUT2D eigenvalue weighted by molar-refractivity contribution is 5.81. The predicted octanol–water partition coefficient (Wildman–Crippen LogP) is 2.18. The van der Waals surface area contributed by atoms with Gasteiger partial charge in [0, 0.05) is 33.4 Å². The Morgan fingerprint density at radius 2 is 1.90 bits per heavy atom. The Labute approximate surface area is 123 Å². The van der Waals surface area contributed by atoms with Gasteiger partial charge in [-0.1, -0.05) is 12.8 Å². The molecule has 0 aromatic heterocycles. The molecule has 2 aliphatic rings. The first-order chi connectivity index (χ1) is 9.67. The molecule has 1 aliphatic heterocycles. The number of nitrogens with zero attached hydrogens (tertiary/aromatic N) is 1. The summed E-state index contributed by atoms with van der Waals surface area (Å²) in [5.41, 5.74) is 0.406. The molecular formula is C16H30N2O2. The van der Waals surface area contributed by atoms with Crippen molar-refractivity contribution in [2.75, 3.05) is 33.4 Å². The van der Waals surface area contributed by atoms with Crippen molar-refractivity contribution in [1.82, 2.24) is 10.2 Å². The van der Waals surface area contributed by atoms with Crippen LogP contribution in [0.1, 0.15) is 51.9 Å². The first-order valence-electron chi connectivity index (χ1n) is 8.18. The topological polar surface area (TPSA) is 41.6 Å². The molecule has 20 heavy (non-hydrogen) atoms. The van der Waals surface area contributed by atoms with E-state index < -0.39 is 0 Å². The summed E-state index contributed by atoms with van der Waals surface area (Å²) >= 11 is 0. The number of carbonyl (C=O) groups is 1. The number of nitrogens with one attached hydrogen (secondary N) is 1. The zero-order valence-electron chi connectivity index (χ0n) is 13.1. The number of methoxy groups -OCH3 is 1. The summed E-state index contributed by atoms with van der Waals surface area (Å²) in [6, 6.07) is -0.0480. The van der Waals surface area contributed by atoms with Crippen LogP contribution in [0, 0.1) is 5.41 Å². The van der Waals surface area contributed by atoms with Gasteiger partial charge in [-0.2, -0.15) is 0 Å². The molecule has 0 bridgehead atoms. The molecule has 2 rings (SSSR count). The van der Waals surface area contributed by atoms with Crippen LogP contribution in [0.15, 0.2) is 0 Å². The molecule has 1 heterocycles. The Balaban J connectivity index is 1.73. The van der Waals surface area contributed by atoms with Crippen LogP contribution in [0.5, 0.6) is 0 Å². The van der Waals surface area contributed by atoms with Crippen LogP contribution in [0.4, 0.5) is 0 Å². The van der Waals surface area contributed by atoms with Crippen molar-refractivity contribution in [3.8, 4) is 0 Å². The SMILES string of the molecule is COCCC1(CNC(C)C(=O)N2CCCCCC2)CC1. The van der Waals surface area contributed by atoms with Crippen molar-refractivity contribution in [2.45, 2.75) is 57.9 Å². The maximum absolute atomic E-state index is 12.4. The lowest BCUT2D eigenvalue weighted by Crippen LogP contribution is -2.46. The third kappa shape index (κ3) is 4.45. The maximum atomic E-state index is 12.4. The van der Waals surface area contributed by atoms with Crippen LogP contribution in [0.25, 0.3) is 0 Å². The second-order valence-corrected chi connectivity index (χ2v) is 6.58. The van der Waals surface area contributed by atoms with Gasteiger partial charge in [-0.3, -0.25) is 4.79 Å². The van der Waals surface area contributed by atoms with Gasteiger partial charge >= 0.3 is 0 Å². The minimum absolute atomic E-state index is 0.0480. The van der Waals surface area contributed by atoms with Crippen molar-refractivity contribution in [3.05, 3.63) is 0 Å². The lowest BCUT2D eigenvalue weighted by atomic mass is 10.0. The fourth-order valence-corrected chi connectivity index (χ4v) is 3.03. The molecule has 1 N–H and O–H groups in total. The normalized spacial score (nSPS) is 23.2. The molecule has 4 heteroatoms. The van der Waals surface area contributed by atoms with Crippen LogP contribution >= 0.6 is 0 Å². The first kappa shape index (κ1) is 15.8. The largest absolute Gasteiger partial charge is 0.385 e. The van der Waals surface area contributed by atoms with E-state index in [0.29, 0.717) is 5.41 Å². The molecule has 2 fully saturated rings. The molecular weight excluding hydrogens is 252 g/mol. The minimum atomic E-state index is -0.0480. The van der Waals surface area contributed by atoms with Crippen molar-refractivity contribution in [1.29, 1.82) is 0 Å². The van der Waals surface area contributed by atoms with E-state index in [4.69, 9.17) is 4.74 Å². The summed E-state index contributed by atoms with van der Waals surface area (Å²) in [7, 11) is 1.76. The molecule has 0 aromatic rings. The molecule has 0 aromatic carbocycles. The van der Waals surface area contributed by atoms with Crippen LogP contribution < -0.4 is 5.32 Å². The van der Waals surface area contributed by atoms with E-state index in [1.54, 1.807) is 7.11 Å². The van der Waals surface area contributed by atoms with E-state index in [2.05, 4.69) is 10.2 Å². The van der Waals surface area contributed by atoms with E-state index in [-0.39, 0.29) is 11.9 Å². The quantitative estimate of drug-likeness (QED) is 0.778. The summed E-state index contributed by atoms with van der Waals surface area (Å²) in [6.45, 7) is 5.69. The smallest absolute Gasteiger partial charge is 0.239 e. The van der Waals surface area contributed by atoms with Crippen LogP contribution in [0.2, 0.25) is 0 Å². The summed E-state index contributed by atoms with van der Waals surface area (Å²) in [6.07, 6.45) is 8.52. The average Bonchev–Trinajstić information content (AvgIpc) is 3.26. The van der Waals surface area contributed by atoms with Gasteiger partial charge in [-0.25, -0.2) is 0 Å². The van der Waals surface area contributed by atoms with E-state index in [9.17, 15) is 4.79 Å². The average molecular weight is 282 g/mol. The van der Waals surface area contributed by atoms with Gasteiger partial charge in [0.25, 0.3) is 0 Å². The van der Waals surface area contributed by atoms with E-state index >= 15 is 0 Å². The number of likely N-dealkylation sites (tertiary alicyclic amines) is 1. The van der Waals surface area contributed by atoms with E-state index in [0.717, 1.165) is 45.5 Å². The predicted molar refractivity (Wildman–Crippen MR) is 80.7 cm³/mol. The van der Waals surface area contributed by atoms with Gasteiger partial charge in [0.05, 0.1) is 6.04 Å². The van der Waals surface area contributed by atoms with Crippen LogP contribution in [-0.4, -0.2) is 50.2 Å². The third-order valence-electron chi connectivity index (χ3n) is 4.87. The molecule has 1 saturated heterocycles. The van der Waals surface area contributed by atoms with Crippen molar-refractivity contribution in [3.63, 3.8) is 0 Å². The summed E-state index contributed by atoms with van der Waals surface area (Å²) < 4.78 is 5.18. The molecule has 1 amide bonds. The lowest BCUT2D eigenvalue weighted by molar-refractivity contribution is -0.133. The standard InChI is InChI=1S/C16H30N2O2/c1-14(15(19)18-10-5-3-4-6-11-18)17-13-16(7-8-16)9-12-20-2/h14,17H,3-13H2,1-2H3. The minimum Gasteiger partial charge on any atom is -0.385 e. The summed E-state index contributed by atoms with van der Waals surface area (Å²) in [4.78, 5) is 14.5. The fraction of sp³-hybridized carbons (Fsp3) is 0.938. The second-order valence-electron chi connectivity index (χ2n) is 6.58. The zero-order valence-corrected chi connectivity index (χ0v) is 13.1. The summed E-state index contributed by atoms with van der Waals surface area (Å²) in [5.74, 6) is 0.287. The van der Waals surface area contributed by atoms with Gasteiger partial charge in [-0.05, 0) is 44.4 Å². The van der Waals surface area contributed by atoms with Crippen molar-refractivity contribution in [2.24, 2.45) is 5.41 Å². The molecule has 1 aliphatic carbocycles. The maximum Gasteiger partial charge on any atom is 0.239 e. The molecule has 0 spiro atoms. The molecule has 4 nitrogen and oxygen atoms in total. The summed E-state index contributed by atoms with van der Waals surface area (Å²) in [5, 5.41) is 3.47. The monoisotopic (exact) mass is 282 g/mol. The number of amides is 1. The Kier molecular flexibility index (Phi) is 5.85. The first-order valence-corrected chi connectivity index (χ1v) is 8.18. The number of rotatable bonds is 7. The van der Waals surface area contributed by atoms with Gasteiger partial charge in [0.15, 0.2) is 0 Å². The fourth-order valence-electron chi connectivity index (χ4n) is 3.03. The van der Waals surface area contributed by atoms with Crippen molar-refractivity contribution < 1.29 is 9.53 Å². The Morgan fingerprint density at radius 1 is 1.25 bits per heavy atom. The molecule has 116 valence electrons. The van der Waals surface area contributed by atoms with E-state index in [1.807, 2.05) is 6.92 Å². The van der Waals surface area contributed by atoms with Crippen LogP contribution in [0.3, 0.4) is 0 Å².